The summed E-state index contributed by atoms with van der Waals surface area (Å²) < 4.78 is 5.40. The summed E-state index contributed by atoms with van der Waals surface area (Å²) in [5, 5.41) is 2.31. The highest BCUT2D eigenvalue weighted by Crippen LogP contribution is 2.33. The summed E-state index contributed by atoms with van der Waals surface area (Å²) in [5.74, 6) is -0.445. The van der Waals surface area contributed by atoms with E-state index in [1.165, 1.54) is 16.7 Å². The molecule has 0 radical (unpaired) electrons. The lowest BCUT2D eigenvalue weighted by atomic mass is 10.2. The van der Waals surface area contributed by atoms with E-state index in [2.05, 4.69) is 5.43 Å². The Balaban J connectivity index is 1.47. The van der Waals surface area contributed by atoms with E-state index in [1.54, 1.807) is 29.0 Å². The van der Waals surface area contributed by atoms with Crippen molar-refractivity contribution in [1.82, 2.24) is 20.2 Å². The number of rotatable bonds is 6. The standard InChI is InChI=1S/C20H23ClN4O4S2/c1-2-29-19(28)23-9-11-24(12-10-23)22-17(26)7-8-25-18(27)16(31-20(25)30)13-14-5-3-4-6-15(14)21/h3-6,13H,2,7-12H2,1H3,(H,22,26). The first-order valence-corrected chi connectivity index (χ1v) is 11.5. The van der Waals surface area contributed by atoms with E-state index in [4.69, 9.17) is 28.6 Å². The molecule has 31 heavy (non-hydrogen) atoms. The minimum Gasteiger partial charge on any atom is -0.450 e. The number of piperazine rings is 1. The van der Waals surface area contributed by atoms with Gasteiger partial charge in [-0.3, -0.25) is 19.9 Å². The molecule has 3 amide bonds. The fourth-order valence-electron chi connectivity index (χ4n) is 3.09. The Labute approximate surface area is 195 Å². The lowest BCUT2D eigenvalue weighted by Gasteiger charge is -2.34. The average Bonchev–Trinajstić information content (AvgIpc) is 3.01. The molecule has 0 saturated carbocycles. The summed E-state index contributed by atoms with van der Waals surface area (Å²) in [7, 11) is 0. The van der Waals surface area contributed by atoms with Crippen LogP contribution in [0.5, 0.6) is 0 Å². The minimum atomic E-state index is -0.340. The first kappa shape index (κ1) is 23.5. The molecule has 2 saturated heterocycles. The molecular weight excluding hydrogens is 460 g/mol. The van der Waals surface area contributed by atoms with Gasteiger partial charge < -0.3 is 9.64 Å². The quantitative estimate of drug-likeness (QED) is 0.493. The Kier molecular flexibility index (Phi) is 8.30. The number of hydrazine groups is 1. The van der Waals surface area contributed by atoms with E-state index in [9.17, 15) is 14.4 Å². The molecule has 2 heterocycles. The summed E-state index contributed by atoms with van der Waals surface area (Å²) in [4.78, 5) is 40.3. The number of nitrogens with one attached hydrogen (secondary N) is 1. The third-order valence-electron chi connectivity index (χ3n) is 4.72. The van der Waals surface area contributed by atoms with Gasteiger partial charge in [-0.15, -0.1) is 0 Å². The molecule has 0 spiro atoms. The molecule has 1 aromatic rings. The van der Waals surface area contributed by atoms with Crippen LogP contribution in [-0.4, -0.2) is 76.4 Å². The number of hydrogen-bond acceptors (Lipinski definition) is 7. The lowest BCUT2D eigenvalue weighted by molar-refractivity contribution is -0.127. The maximum Gasteiger partial charge on any atom is 0.409 e. The molecule has 0 bridgehead atoms. The molecule has 1 aromatic carbocycles. The summed E-state index contributed by atoms with van der Waals surface area (Å²) >= 11 is 12.7. The van der Waals surface area contributed by atoms with Crippen molar-refractivity contribution in [3.05, 3.63) is 39.8 Å². The Hall–Kier alpha value is -2.14. The highest BCUT2D eigenvalue weighted by atomic mass is 35.5. The maximum atomic E-state index is 12.7. The second-order valence-corrected chi connectivity index (χ2v) is 8.90. The number of thiocarbonyl (C=S) groups is 1. The van der Waals surface area contributed by atoms with Crippen LogP contribution in [0, 0.1) is 0 Å². The first-order chi connectivity index (χ1) is 14.9. The van der Waals surface area contributed by atoms with Gasteiger partial charge in [0, 0.05) is 44.2 Å². The van der Waals surface area contributed by atoms with Gasteiger partial charge in [0.25, 0.3) is 5.91 Å². The zero-order valence-corrected chi connectivity index (χ0v) is 19.4. The Morgan fingerprint density at radius 1 is 1.26 bits per heavy atom. The van der Waals surface area contributed by atoms with Crippen molar-refractivity contribution in [2.75, 3.05) is 39.3 Å². The largest absolute Gasteiger partial charge is 0.450 e. The number of nitrogens with zero attached hydrogens (tertiary/aromatic N) is 3. The van der Waals surface area contributed by atoms with Crippen molar-refractivity contribution in [1.29, 1.82) is 0 Å². The van der Waals surface area contributed by atoms with Gasteiger partial charge in [-0.05, 0) is 24.6 Å². The van der Waals surface area contributed by atoms with Gasteiger partial charge in [-0.1, -0.05) is 53.8 Å². The Morgan fingerprint density at radius 3 is 2.65 bits per heavy atom. The van der Waals surface area contributed by atoms with E-state index in [0.717, 1.165) is 5.56 Å². The molecule has 2 aliphatic rings. The van der Waals surface area contributed by atoms with Crippen LogP contribution >= 0.6 is 35.6 Å². The molecule has 0 aliphatic carbocycles. The molecule has 2 fully saturated rings. The number of thioether (sulfide) groups is 1. The van der Waals surface area contributed by atoms with E-state index >= 15 is 0 Å². The summed E-state index contributed by atoms with van der Waals surface area (Å²) in [6.45, 7) is 4.25. The van der Waals surface area contributed by atoms with Crippen LogP contribution in [0.1, 0.15) is 18.9 Å². The third kappa shape index (κ3) is 6.19. The molecule has 1 N–H and O–H groups in total. The highest BCUT2D eigenvalue weighted by Gasteiger charge is 2.32. The van der Waals surface area contributed by atoms with Gasteiger partial charge in [-0.25, -0.2) is 9.80 Å². The number of carbonyl (C=O) groups is 3. The van der Waals surface area contributed by atoms with Crippen molar-refractivity contribution in [2.24, 2.45) is 0 Å². The Morgan fingerprint density at radius 2 is 1.97 bits per heavy atom. The van der Waals surface area contributed by atoms with Crippen LogP contribution in [0.25, 0.3) is 6.08 Å². The number of carbonyl (C=O) groups excluding carboxylic acids is 3. The second kappa shape index (κ2) is 10.9. The van der Waals surface area contributed by atoms with Gasteiger partial charge in [-0.2, -0.15) is 0 Å². The molecule has 3 rings (SSSR count). The minimum absolute atomic E-state index is 0.115. The highest BCUT2D eigenvalue weighted by molar-refractivity contribution is 8.26. The number of halogens is 1. The number of hydrogen-bond donors (Lipinski definition) is 1. The molecular formula is C20H23ClN4O4S2. The van der Waals surface area contributed by atoms with E-state index in [0.29, 0.717) is 47.0 Å². The summed E-state index contributed by atoms with van der Waals surface area (Å²) in [6.07, 6.45) is 1.49. The zero-order chi connectivity index (χ0) is 22.4. The van der Waals surface area contributed by atoms with Gasteiger partial charge in [0.2, 0.25) is 5.91 Å². The van der Waals surface area contributed by atoms with Crippen molar-refractivity contribution in [3.63, 3.8) is 0 Å². The maximum absolute atomic E-state index is 12.7. The van der Waals surface area contributed by atoms with Crippen molar-refractivity contribution >= 4 is 63.9 Å². The van der Waals surface area contributed by atoms with E-state index in [-0.39, 0.29) is 30.9 Å². The van der Waals surface area contributed by atoms with Crippen molar-refractivity contribution in [2.45, 2.75) is 13.3 Å². The molecule has 0 aromatic heterocycles. The molecule has 11 heteroatoms. The molecule has 0 atom stereocenters. The predicted molar refractivity (Wildman–Crippen MR) is 124 cm³/mol. The number of ether oxygens (including phenoxy) is 1. The number of benzene rings is 1. The fourth-order valence-corrected chi connectivity index (χ4v) is 4.58. The topological polar surface area (TPSA) is 82.2 Å². The number of amides is 3. The van der Waals surface area contributed by atoms with Crippen LogP contribution in [0.3, 0.4) is 0 Å². The normalized spacial score (nSPS) is 18.6. The predicted octanol–water partition coefficient (Wildman–Crippen LogP) is 2.74. The fraction of sp³-hybridized carbons (Fsp3) is 0.400. The van der Waals surface area contributed by atoms with Gasteiger partial charge in [0.15, 0.2) is 0 Å². The molecule has 166 valence electrons. The van der Waals surface area contributed by atoms with Gasteiger partial charge in [0.05, 0.1) is 11.5 Å². The van der Waals surface area contributed by atoms with Gasteiger partial charge in [0.1, 0.15) is 4.32 Å². The monoisotopic (exact) mass is 482 g/mol. The van der Waals surface area contributed by atoms with Crippen LogP contribution in [0.2, 0.25) is 5.02 Å². The van der Waals surface area contributed by atoms with Crippen LogP contribution < -0.4 is 5.43 Å². The lowest BCUT2D eigenvalue weighted by Crippen LogP contribution is -2.55. The van der Waals surface area contributed by atoms with E-state index in [1.807, 2.05) is 18.2 Å². The Bertz CT molecular complexity index is 903. The zero-order valence-electron chi connectivity index (χ0n) is 17.0. The SMILES string of the molecule is CCOC(=O)N1CCN(NC(=O)CCN2C(=O)C(=Cc3ccccc3Cl)SC2=S)CC1. The smallest absolute Gasteiger partial charge is 0.409 e. The van der Waals surface area contributed by atoms with Crippen LogP contribution in [-0.2, 0) is 14.3 Å². The summed E-state index contributed by atoms with van der Waals surface area (Å²) in [6, 6.07) is 7.24. The second-order valence-electron chi connectivity index (χ2n) is 6.81. The van der Waals surface area contributed by atoms with Gasteiger partial charge >= 0.3 is 6.09 Å². The molecule has 2 aliphatic heterocycles. The third-order valence-corrected chi connectivity index (χ3v) is 6.44. The molecule has 0 unspecified atom stereocenters. The van der Waals surface area contributed by atoms with Crippen LogP contribution in [0.15, 0.2) is 29.2 Å². The van der Waals surface area contributed by atoms with Crippen LogP contribution in [0.4, 0.5) is 4.79 Å². The van der Waals surface area contributed by atoms with E-state index < -0.39 is 0 Å². The molecule has 8 nitrogen and oxygen atoms in total. The summed E-state index contributed by atoms with van der Waals surface area (Å²) in [5.41, 5.74) is 3.56. The van der Waals surface area contributed by atoms with Crippen molar-refractivity contribution < 1.29 is 19.1 Å². The average molecular weight is 483 g/mol. The van der Waals surface area contributed by atoms with Crippen molar-refractivity contribution in [3.8, 4) is 0 Å². The first-order valence-electron chi connectivity index (χ1n) is 9.85.